The van der Waals surface area contributed by atoms with E-state index in [0.717, 1.165) is 41.7 Å². The average Bonchev–Trinajstić information content (AvgIpc) is 2.70. The molecule has 0 unspecified atom stereocenters. The van der Waals surface area contributed by atoms with Gasteiger partial charge in [-0.15, -0.1) is 0 Å². The van der Waals surface area contributed by atoms with Crippen molar-refractivity contribution in [3.63, 3.8) is 0 Å². The molecule has 2 nitrogen and oxygen atoms in total. The number of anilines is 1. The van der Waals surface area contributed by atoms with Gasteiger partial charge >= 0.3 is 0 Å². The predicted molar refractivity (Wildman–Crippen MR) is 90.2 cm³/mol. The van der Waals surface area contributed by atoms with E-state index >= 15 is 0 Å². The van der Waals surface area contributed by atoms with E-state index in [4.69, 9.17) is 0 Å². The lowest BCUT2D eigenvalue weighted by Gasteiger charge is -2.25. The molecule has 1 aliphatic heterocycles. The molecular formula is C18H18BrNO. The Bertz CT molecular complexity index is 654. The number of carbonyl (C=O) groups is 1. The summed E-state index contributed by atoms with van der Waals surface area (Å²) < 4.78 is 0.953. The summed E-state index contributed by atoms with van der Waals surface area (Å²) in [5, 5.41) is 0. The highest BCUT2D eigenvalue weighted by Crippen LogP contribution is 2.27. The molecule has 3 rings (SSSR count). The van der Waals surface area contributed by atoms with E-state index in [1.165, 1.54) is 11.1 Å². The van der Waals surface area contributed by atoms with Crippen LogP contribution in [0, 0.1) is 0 Å². The molecule has 1 heterocycles. The second-order valence-electron chi connectivity index (χ2n) is 5.47. The van der Waals surface area contributed by atoms with Crippen molar-refractivity contribution in [2.24, 2.45) is 0 Å². The topological polar surface area (TPSA) is 20.3 Å². The van der Waals surface area contributed by atoms with Crippen molar-refractivity contribution in [2.75, 3.05) is 18.0 Å². The van der Waals surface area contributed by atoms with Gasteiger partial charge in [-0.05, 0) is 49.1 Å². The number of nitrogens with zero attached hydrogens (tertiary/aromatic N) is 1. The highest BCUT2D eigenvalue weighted by Gasteiger charge is 2.18. The van der Waals surface area contributed by atoms with Crippen molar-refractivity contribution < 1.29 is 4.79 Å². The predicted octanol–water partition coefficient (Wildman–Crippen LogP) is 4.26. The molecule has 21 heavy (non-hydrogen) atoms. The van der Waals surface area contributed by atoms with Crippen LogP contribution in [0.1, 0.15) is 28.4 Å². The lowest BCUT2D eigenvalue weighted by molar-refractivity contribution is 0.101. The van der Waals surface area contributed by atoms with Gasteiger partial charge in [-0.3, -0.25) is 4.79 Å². The van der Waals surface area contributed by atoms with E-state index in [1.54, 1.807) is 6.92 Å². The van der Waals surface area contributed by atoms with Gasteiger partial charge in [0.15, 0.2) is 5.78 Å². The SMILES string of the molecule is CC(=O)c1cc(Br)ccc1N1CCc2ccccc2CC1. The number of rotatable bonds is 2. The van der Waals surface area contributed by atoms with Crippen LogP contribution in [0.2, 0.25) is 0 Å². The van der Waals surface area contributed by atoms with E-state index in [9.17, 15) is 4.79 Å². The largest absolute Gasteiger partial charge is 0.370 e. The summed E-state index contributed by atoms with van der Waals surface area (Å²) in [6.07, 6.45) is 2.06. The minimum atomic E-state index is 0.119. The van der Waals surface area contributed by atoms with E-state index in [0.29, 0.717) is 0 Å². The first-order valence-corrected chi connectivity index (χ1v) is 8.06. The highest BCUT2D eigenvalue weighted by atomic mass is 79.9. The van der Waals surface area contributed by atoms with E-state index in [1.807, 2.05) is 12.1 Å². The maximum Gasteiger partial charge on any atom is 0.161 e. The lowest BCUT2D eigenvalue weighted by Crippen LogP contribution is -2.27. The van der Waals surface area contributed by atoms with E-state index in [2.05, 4.69) is 51.2 Å². The molecule has 0 radical (unpaired) electrons. The molecule has 0 bridgehead atoms. The molecule has 1 aliphatic rings. The van der Waals surface area contributed by atoms with Gasteiger partial charge in [-0.2, -0.15) is 0 Å². The Morgan fingerprint density at radius 3 is 2.24 bits per heavy atom. The molecular weight excluding hydrogens is 326 g/mol. The van der Waals surface area contributed by atoms with Gasteiger partial charge in [-0.1, -0.05) is 40.2 Å². The summed E-state index contributed by atoms with van der Waals surface area (Å²) in [6, 6.07) is 14.6. The number of Topliss-reactive ketones (excluding diaryl/α,β-unsaturated/α-hetero) is 1. The smallest absolute Gasteiger partial charge is 0.161 e. The summed E-state index contributed by atoms with van der Waals surface area (Å²) in [5.41, 5.74) is 4.72. The third-order valence-electron chi connectivity index (χ3n) is 4.10. The number of benzene rings is 2. The molecule has 0 saturated heterocycles. The molecule has 0 atom stereocenters. The molecule has 0 N–H and O–H groups in total. The monoisotopic (exact) mass is 343 g/mol. The standard InChI is InChI=1S/C18H18BrNO/c1-13(21)17-12-16(19)6-7-18(17)20-10-8-14-4-2-3-5-15(14)9-11-20/h2-7,12H,8-11H2,1H3. The zero-order valence-corrected chi connectivity index (χ0v) is 13.7. The Labute approximate surface area is 133 Å². The molecule has 108 valence electrons. The van der Waals surface area contributed by atoms with Crippen LogP contribution in [0.25, 0.3) is 0 Å². The van der Waals surface area contributed by atoms with Gasteiger partial charge in [0.2, 0.25) is 0 Å². The first-order valence-electron chi connectivity index (χ1n) is 7.27. The van der Waals surface area contributed by atoms with Crippen LogP contribution >= 0.6 is 15.9 Å². The zero-order valence-electron chi connectivity index (χ0n) is 12.1. The van der Waals surface area contributed by atoms with Crippen molar-refractivity contribution in [3.8, 4) is 0 Å². The fraction of sp³-hybridized carbons (Fsp3) is 0.278. The number of halogens is 1. The Morgan fingerprint density at radius 1 is 1.05 bits per heavy atom. The summed E-state index contributed by atoms with van der Waals surface area (Å²) in [6.45, 7) is 3.55. The fourth-order valence-electron chi connectivity index (χ4n) is 2.97. The van der Waals surface area contributed by atoms with Crippen LogP contribution in [0.5, 0.6) is 0 Å². The normalized spacial score (nSPS) is 14.5. The van der Waals surface area contributed by atoms with Crippen LogP contribution < -0.4 is 4.90 Å². The molecule has 0 aliphatic carbocycles. The number of carbonyl (C=O) groups excluding carboxylic acids is 1. The van der Waals surface area contributed by atoms with Crippen molar-refractivity contribution in [1.29, 1.82) is 0 Å². The van der Waals surface area contributed by atoms with Crippen molar-refractivity contribution in [3.05, 3.63) is 63.6 Å². The fourth-order valence-corrected chi connectivity index (χ4v) is 3.34. The third-order valence-corrected chi connectivity index (χ3v) is 4.59. The summed E-state index contributed by atoms with van der Waals surface area (Å²) in [4.78, 5) is 14.3. The van der Waals surface area contributed by atoms with Crippen LogP contribution in [0.4, 0.5) is 5.69 Å². The summed E-state index contributed by atoms with van der Waals surface area (Å²) >= 11 is 3.46. The molecule has 0 amide bonds. The minimum absolute atomic E-state index is 0.119. The third kappa shape index (κ3) is 3.03. The van der Waals surface area contributed by atoms with Gasteiger partial charge in [0.1, 0.15) is 0 Å². The van der Waals surface area contributed by atoms with Gasteiger partial charge < -0.3 is 4.90 Å². The summed E-state index contributed by atoms with van der Waals surface area (Å²) in [5.74, 6) is 0.119. The van der Waals surface area contributed by atoms with Gasteiger partial charge in [0.25, 0.3) is 0 Å². The molecule has 0 aromatic heterocycles. The van der Waals surface area contributed by atoms with Gasteiger partial charge in [0, 0.05) is 28.8 Å². The van der Waals surface area contributed by atoms with Crippen LogP contribution in [0.15, 0.2) is 46.9 Å². The number of fused-ring (bicyclic) bond motifs is 1. The molecule has 2 aromatic rings. The molecule has 0 saturated carbocycles. The quantitative estimate of drug-likeness (QED) is 0.759. The number of ketones is 1. The van der Waals surface area contributed by atoms with Crippen LogP contribution in [-0.4, -0.2) is 18.9 Å². The molecule has 0 spiro atoms. The molecule has 2 aromatic carbocycles. The zero-order chi connectivity index (χ0) is 14.8. The Kier molecular flexibility index (Phi) is 4.11. The second kappa shape index (κ2) is 6.02. The van der Waals surface area contributed by atoms with E-state index < -0.39 is 0 Å². The van der Waals surface area contributed by atoms with Crippen molar-refractivity contribution >= 4 is 27.4 Å². The lowest BCUT2D eigenvalue weighted by atomic mass is 10.0. The number of hydrogen-bond donors (Lipinski definition) is 0. The first-order chi connectivity index (χ1) is 10.1. The minimum Gasteiger partial charge on any atom is -0.370 e. The Morgan fingerprint density at radius 2 is 1.67 bits per heavy atom. The second-order valence-corrected chi connectivity index (χ2v) is 6.39. The van der Waals surface area contributed by atoms with Crippen LogP contribution in [-0.2, 0) is 12.8 Å². The average molecular weight is 344 g/mol. The Balaban J connectivity index is 1.91. The van der Waals surface area contributed by atoms with Crippen molar-refractivity contribution in [2.45, 2.75) is 19.8 Å². The first kappa shape index (κ1) is 14.3. The maximum atomic E-state index is 11.9. The highest BCUT2D eigenvalue weighted by molar-refractivity contribution is 9.10. The van der Waals surface area contributed by atoms with E-state index in [-0.39, 0.29) is 5.78 Å². The van der Waals surface area contributed by atoms with Crippen molar-refractivity contribution in [1.82, 2.24) is 0 Å². The maximum absolute atomic E-state index is 11.9. The molecule has 0 fully saturated rings. The van der Waals surface area contributed by atoms with Gasteiger partial charge in [-0.25, -0.2) is 0 Å². The summed E-state index contributed by atoms with van der Waals surface area (Å²) in [7, 11) is 0. The molecule has 3 heteroatoms. The van der Waals surface area contributed by atoms with Crippen LogP contribution in [0.3, 0.4) is 0 Å². The number of hydrogen-bond acceptors (Lipinski definition) is 2. The van der Waals surface area contributed by atoms with Gasteiger partial charge in [0.05, 0.1) is 0 Å². The Hall–Kier alpha value is -1.61.